The number of carboxylic acid groups (broad SMARTS) is 1. The van der Waals surface area contributed by atoms with Crippen LogP contribution in [-0.4, -0.2) is 11.1 Å². The fourth-order valence-corrected chi connectivity index (χ4v) is 5.45. The van der Waals surface area contributed by atoms with E-state index in [0.717, 1.165) is 12.5 Å². The fourth-order valence-electron chi connectivity index (χ4n) is 2.75. The molecule has 0 unspecified atom stereocenters. The summed E-state index contributed by atoms with van der Waals surface area (Å²) >= 11 is 0. The van der Waals surface area contributed by atoms with Gasteiger partial charge in [0.25, 0.3) is 5.97 Å². The maximum absolute atomic E-state index is 9.00. The summed E-state index contributed by atoms with van der Waals surface area (Å²) in [4.78, 5) is 9.00. The van der Waals surface area contributed by atoms with Crippen molar-refractivity contribution >= 4 is 29.8 Å². The number of benzene rings is 3. The summed E-state index contributed by atoms with van der Waals surface area (Å²) < 4.78 is 0. The minimum Gasteiger partial charge on any atom is -0.481 e. The van der Waals surface area contributed by atoms with E-state index in [2.05, 4.69) is 93.6 Å². The van der Waals surface area contributed by atoms with Gasteiger partial charge >= 0.3 is 0 Å². The first-order valence-corrected chi connectivity index (χ1v) is 9.78. The zero-order valence-electron chi connectivity index (χ0n) is 15.8. The summed E-state index contributed by atoms with van der Waals surface area (Å²) in [6, 6.07) is 26.0. The van der Waals surface area contributed by atoms with Crippen molar-refractivity contribution in [1.29, 1.82) is 0 Å². The molecule has 0 radical (unpaired) electrons. The SMILES string of the molecule is CC(=O)O.[CH2-]c1ccccc1P(c1ccccc1C)c1ccccc1C.[Pd]. The van der Waals surface area contributed by atoms with Gasteiger partial charge < -0.3 is 5.11 Å². The molecule has 3 rings (SSSR count). The van der Waals surface area contributed by atoms with Crippen molar-refractivity contribution in [2.75, 3.05) is 0 Å². The zero-order valence-corrected chi connectivity index (χ0v) is 18.2. The van der Waals surface area contributed by atoms with Crippen LogP contribution in [0, 0.1) is 20.8 Å². The molecule has 144 valence electrons. The third-order valence-corrected chi connectivity index (χ3v) is 6.83. The van der Waals surface area contributed by atoms with Crippen LogP contribution in [0.2, 0.25) is 0 Å². The maximum atomic E-state index is 9.00. The number of aliphatic carboxylic acids is 1. The first kappa shape index (κ1) is 23.1. The van der Waals surface area contributed by atoms with E-state index in [0.29, 0.717) is 0 Å². The molecule has 0 fully saturated rings. The summed E-state index contributed by atoms with van der Waals surface area (Å²) in [6.07, 6.45) is 0. The molecule has 0 aliphatic rings. The number of hydrogen-bond acceptors (Lipinski definition) is 1. The molecular weight excluding hydrogens is 446 g/mol. The quantitative estimate of drug-likeness (QED) is 0.352. The van der Waals surface area contributed by atoms with Crippen molar-refractivity contribution in [1.82, 2.24) is 0 Å². The van der Waals surface area contributed by atoms with E-state index in [1.165, 1.54) is 27.0 Å². The van der Waals surface area contributed by atoms with Crippen molar-refractivity contribution in [2.45, 2.75) is 20.8 Å². The Morgan fingerprint density at radius 2 is 1.11 bits per heavy atom. The second-order valence-corrected chi connectivity index (χ2v) is 8.17. The van der Waals surface area contributed by atoms with Gasteiger partial charge in [-0.05, 0) is 35.6 Å². The first-order valence-electron chi connectivity index (χ1n) is 8.43. The Morgan fingerprint density at radius 3 is 1.48 bits per heavy atom. The number of hydrogen-bond donors (Lipinski definition) is 1. The molecule has 0 saturated carbocycles. The van der Waals surface area contributed by atoms with Gasteiger partial charge in [-0.2, -0.15) is 18.6 Å². The second-order valence-electron chi connectivity index (χ2n) is 6.06. The molecule has 0 spiro atoms. The first-order chi connectivity index (χ1) is 12.4. The van der Waals surface area contributed by atoms with Crippen LogP contribution >= 0.6 is 7.92 Å². The van der Waals surface area contributed by atoms with Crippen molar-refractivity contribution < 1.29 is 30.3 Å². The van der Waals surface area contributed by atoms with Gasteiger partial charge in [0.2, 0.25) is 0 Å². The molecule has 0 aliphatic heterocycles. The summed E-state index contributed by atoms with van der Waals surface area (Å²) in [7, 11) is -0.571. The zero-order chi connectivity index (χ0) is 19.1. The summed E-state index contributed by atoms with van der Waals surface area (Å²) in [5.41, 5.74) is 3.82. The Hall–Kier alpha value is -1.91. The molecule has 2 nitrogen and oxygen atoms in total. The van der Waals surface area contributed by atoms with Crippen LogP contribution in [0.1, 0.15) is 23.6 Å². The van der Waals surface area contributed by atoms with E-state index in [4.69, 9.17) is 9.90 Å². The number of carbonyl (C=O) groups is 1. The van der Waals surface area contributed by atoms with Crippen LogP contribution in [0.4, 0.5) is 0 Å². The van der Waals surface area contributed by atoms with E-state index in [9.17, 15) is 0 Å². The Morgan fingerprint density at radius 1 is 0.778 bits per heavy atom. The fraction of sp³-hybridized carbons (Fsp3) is 0.130. The molecule has 3 aromatic rings. The van der Waals surface area contributed by atoms with Gasteiger partial charge in [0.1, 0.15) is 0 Å². The molecule has 0 heterocycles. The monoisotopic (exact) mass is 469 g/mol. The van der Waals surface area contributed by atoms with E-state index in [1.54, 1.807) is 0 Å². The van der Waals surface area contributed by atoms with E-state index in [1.807, 2.05) is 0 Å². The normalized spacial score (nSPS) is 9.78. The molecular formula is C23H24O2PPd-. The summed E-state index contributed by atoms with van der Waals surface area (Å²) in [5.74, 6) is -0.833. The largest absolute Gasteiger partial charge is 0.481 e. The third-order valence-electron chi connectivity index (χ3n) is 3.95. The van der Waals surface area contributed by atoms with Crippen LogP contribution in [-0.2, 0) is 25.2 Å². The maximum Gasteiger partial charge on any atom is 0.300 e. The smallest absolute Gasteiger partial charge is 0.300 e. The van der Waals surface area contributed by atoms with Crippen molar-refractivity contribution in [3.63, 3.8) is 0 Å². The molecule has 3 aromatic carbocycles. The standard InChI is InChI=1S/C21H20P.C2H4O2.Pd/c1-16-10-4-7-13-19(16)22(20-14-8-5-11-17(20)2)21-15-9-6-12-18(21)3;1-2(3)4;/h4-15H,1H2,2-3H3;1H3,(H,3,4);/q-1;;. The molecule has 0 saturated heterocycles. The minimum absolute atomic E-state index is 0. The minimum atomic E-state index is -0.833. The Bertz CT molecular complexity index is 781. The van der Waals surface area contributed by atoms with Crippen LogP contribution < -0.4 is 15.9 Å². The van der Waals surface area contributed by atoms with Crippen molar-refractivity contribution in [2.24, 2.45) is 0 Å². The predicted molar refractivity (Wildman–Crippen MR) is 112 cm³/mol. The average Bonchev–Trinajstić information content (AvgIpc) is 2.59. The van der Waals surface area contributed by atoms with Gasteiger partial charge in [0, 0.05) is 27.3 Å². The number of carboxylic acids is 1. The Labute approximate surface area is 177 Å². The predicted octanol–water partition coefficient (Wildman–Crippen LogP) is 4.33. The average molecular weight is 470 g/mol. The molecule has 0 bridgehead atoms. The van der Waals surface area contributed by atoms with E-state index in [-0.39, 0.29) is 20.4 Å². The van der Waals surface area contributed by atoms with Crippen LogP contribution in [0.15, 0.2) is 72.8 Å². The Balaban J connectivity index is 0.000000666. The molecule has 1 N–H and O–H groups in total. The molecule has 0 aliphatic carbocycles. The summed E-state index contributed by atoms with van der Waals surface area (Å²) in [5, 5.41) is 11.6. The topological polar surface area (TPSA) is 37.3 Å². The molecule has 0 amide bonds. The Kier molecular flexibility index (Phi) is 9.47. The van der Waals surface area contributed by atoms with Crippen LogP contribution in [0.25, 0.3) is 0 Å². The van der Waals surface area contributed by atoms with Gasteiger partial charge in [-0.3, -0.25) is 4.79 Å². The molecule has 27 heavy (non-hydrogen) atoms. The molecule has 4 heteroatoms. The van der Waals surface area contributed by atoms with Gasteiger partial charge in [-0.25, -0.2) is 0 Å². The molecule has 0 aromatic heterocycles. The van der Waals surface area contributed by atoms with Gasteiger partial charge in [0.15, 0.2) is 0 Å². The van der Waals surface area contributed by atoms with Gasteiger partial charge in [-0.15, -0.1) is 17.4 Å². The van der Waals surface area contributed by atoms with Gasteiger partial charge in [0.05, 0.1) is 0 Å². The number of rotatable bonds is 3. The number of aryl methyl sites for hydroxylation is 2. The summed E-state index contributed by atoms with van der Waals surface area (Å²) in [6.45, 7) is 9.76. The van der Waals surface area contributed by atoms with Crippen LogP contribution in [0.5, 0.6) is 0 Å². The molecule has 0 atom stereocenters. The van der Waals surface area contributed by atoms with Gasteiger partial charge in [-0.1, -0.05) is 62.5 Å². The van der Waals surface area contributed by atoms with E-state index >= 15 is 0 Å². The van der Waals surface area contributed by atoms with Crippen LogP contribution in [0.3, 0.4) is 0 Å². The van der Waals surface area contributed by atoms with Crippen molar-refractivity contribution in [3.05, 3.63) is 96.4 Å². The van der Waals surface area contributed by atoms with E-state index < -0.39 is 13.9 Å². The third kappa shape index (κ3) is 6.33. The second kappa shape index (κ2) is 11.1. The van der Waals surface area contributed by atoms with Crippen molar-refractivity contribution in [3.8, 4) is 0 Å².